The van der Waals surface area contributed by atoms with E-state index in [1.165, 1.54) is 0 Å². The van der Waals surface area contributed by atoms with Crippen LogP contribution >= 0.6 is 0 Å². The molecule has 110 valence electrons. The summed E-state index contributed by atoms with van der Waals surface area (Å²) in [6.45, 7) is 3.10. The Morgan fingerprint density at radius 2 is 2.19 bits per heavy atom. The van der Waals surface area contributed by atoms with E-state index in [9.17, 15) is 0 Å². The lowest BCUT2D eigenvalue weighted by Gasteiger charge is -2.17. The van der Waals surface area contributed by atoms with Gasteiger partial charge in [0.15, 0.2) is 0 Å². The molecule has 3 heterocycles. The molecule has 0 aromatic carbocycles. The molecule has 0 aliphatic heterocycles. The number of rotatable bonds is 6. The highest BCUT2D eigenvalue weighted by Crippen LogP contribution is 2.21. The zero-order valence-corrected chi connectivity index (χ0v) is 12.3. The van der Waals surface area contributed by atoms with Gasteiger partial charge in [0.25, 0.3) is 0 Å². The van der Waals surface area contributed by atoms with Crippen molar-refractivity contribution in [3.05, 3.63) is 42.5 Å². The van der Waals surface area contributed by atoms with Crippen molar-refractivity contribution in [1.29, 1.82) is 0 Å². The molecule has 3 aromatic rings. The average molecular weight is 285 g/mol. The van der Waals surface area contributed by atoms with Crippen molar-refractivity contribution >= 4 is 5.52 Å². The molecule has 0 saturated carbocycles. The zero-order valence-electron chi connectivity index (χ0n) is 12.3. The van der Waals surface area contributed by atoms with Crippen LogP contribution in [-0.4, -0.2) is 35.9 Å². The molecule has 1 atom stereocenters. The molecule has 0 saturated heterocycles. The summed E-state index contributed by atoms with van der Waals surface area (Å²) in [6, 6.07) is 0.148. The maximum Gasteiger partial charge on any atom is 0.138 e. The molecule has 1 N–H and O–H groups in total. The Kier molecular flexibility index (Phi) is 3.92. The van der Waals surface area contributed by atoms with Crippen LogP contribution in [0.15, 0.2) is 31.1 Å². The van der Waals surface area contributed by atoms with Gasteiger partial charge in [-0.25, -0.2) is 9.50 Å². The minimum atomic E-state index is 0.148. The second kappa shape index (κ2) is 6.01. The van der Waals surface area contributed by atoms with E-state index in [0.717, 1.165) is 36.3 Å². The van der Waals surface area contributed by atoms with Crippen LogP contribution < -0.4 is 5.32 Å². The van der Waals surface area contributed by atoms with Crippen molar-refractivity contribution in [3.63, 3.8) is 0 Å². The number of hydrogen-bond donors (Lipinski definition) is 1. The molecule has 3 aromatic heterocycles. The van der Waals surface area contributed by atoms with Gasteiger partial charge >= 0.3 is 0 Å². The highest BCUT2D eigenvalue weighted by molar-refractivity contribution is 5.53. The van der Waals surface area contributed by atoms with Gasteiger partial charge in [0.05, 0.1) is 17.9 Å². The van der Waals surface area contributed by atoms with E-state index in [4.69, 9.17) is 0 Å². The Morgan fingerprint density at radius 3 is 2.95 bits per heavy atom. The second-order valence-electron chi connectivity index (χ2n) is 5.02. The molecular formula is C14H19N7. The Balaban J connectivity index is 1.93. The molecule has 0 radical (unpaired) electrons. The third-order valence-electron chi connectivity index (χ3n) is 3.56. The van der Waals surface area contributed by atoms with Crippen LogP contribution in [0.2, 0.25) is 0 Å². The quantitative estimate of drug-likeness (QED) is 0.735. The third kappa shape index (κ3) is 2.78. The lowest BCUT2D eigenvalue weighted by molar-refractivity contribution is 0.509. The smallest absolute Gasteiger partial charge is 0.138 e. The van der Waals surface area contributed by atoms with Crippen LogP contribution in [0, 0.1) is 0 Å². The Bertz CT molecular complexity index is 715. The summed E-state index contributed by atoms with van der Waals surface area (Å²) in [6.07, 6.45) is 10.8. The molecule has 0 amide bonds. The fraction of sp³-hybridized carbons (Fsp3) is 0.429. The van der Waals surface area contributed by atoms with Gasteiger partial charge in [-0.2, -0.15) is 10.2 Å². The lowest BCUT2D eigenvalue weighted by Crippen LogP contribution is -2.25. The highest BCUT2D eigenvalue weighted by Gasteiger charge is 2.18. The van der Waals surface area contributed by atoms with Gasteiger partial charge in [-0.15, -0.1) is 0 Å². The van der Waals surface area contributed by atoms with Crippen molar-refractivity contribution in [1.82, 2.24) is 34.7 Å². The van der Waals surface area contributed by atoms with Crippen LogP contribution in [0.1, 0.15) is 30.8 Å². The largest absolute Gasteiger partial charge is 0.309 e. The maximum atomic E-state index is 4.39. The van der Waals surface area contributed by atoms with Gasteiger partial charge in [-0.05, 0) is 13.0 Å². The number of aromatic nitrogens is 6. The predicted octanol–water partition coefficient (Wildman–Crippen LogP) is 1.14. The SMILES string of the molecule is CCCNC(Cc1ncnn1C)c1cnn2ccncc12. The van der Waals surface area contributed by atoms with E-state index in [2.05, 4.69) is 32.4 Å². The van der Waals surface area contributed by atoms with Gasteiger partial charge in [-0.3, -0.25) is 9.67 Å². The van der Waals surface area contributed by atoms with Crippen molar-refractivity contribution < 1.29 is 0 Å². The second-order valence-corrected chi connectivity index (χ2v) is 5.02. The molecule has 7 heteroatoms. The Hall–Kier alpha value is -2.28. The molecule has 3 rings (SSSR count). The summed E-state index contributed by atoms with van der Waals surface area (Å²) in [7, 11) is 1.91. The van der Waals surface area contributed by atoms with Crippen LogP contribution in [-0.2, 0) is 13.5 Å². The summed E-state index contributed by atoms with van der Waals surface area (Å²) >= 11 is 0. The zero-order chi connectivity index (χ0) is 14.7. The van der Waals surface area contributed by atoms with Crippen LogP contribution in [0.25, 0.3) is 5.52 Å². The van der Waals surface area contributed by atoms with E-state index in [1.54, 1.807) is 12.5 Å². The van der Waals surface area contributed by atoms with Gasteiger partial charge in [0.2, 0.25) is 0 Å². The van der Waals surface area contributed by atoms with Crippen LogP contribution in [0.5, 0.6) is 0 Å². The summed E-state index contributed by atoms with van der Waals surface area (Å²) in [4.78, 5) is 8.52. The maximum absolute atomic E-state index is 4.39. The number of nitrogens with zero attached hydrogens (tertiary/aromatic N) is 6. The van der Waals surface area contributed by atoms with E-state index >= 15 is 0 Å². The summed E-state index contributed by atoms with van der Waals surface area (Å²) in [5.74, 6) is 0.951. The summed E-state index contributed by atoms with van der Waals surface area (Å²) in [5.41, 5.74) is 2.16. The first-order valence-electron chi connectivity index (χ1n) is 7.13. The molecule has 21 heavy (non-hydrogen) atoms. The standard InChI is InChI=1S/C14H19N7/c1-3-4-16-12(7-14-17-10-19-20(14)2)11-8-18-21-6-5-15-9-13(11)21/h5-6,8-10,12,16H,3-4,7H2,1-2H3. The topological polar surface area (TPSA) is 72.9 Å². The first-order chi connectivity index (χ1) is 10.3. The minimum Gasteiger partial charge on any atom is -0.309 e. The number of hydrogen-bond acceptors (Lipinski definition) is 5. The molecule has 0 aliphatic rings. The number of nitrogens with one attached hydrogen (secondary N) is 1. The number of aryl methyl sites for hydroxylation is 1. The predicted molar refractivity (Wildman–Crippen MR) is 78.7 cm³/mol. The average Bonchev–Trinajstić information content (AvgIpc) is 3.10. The molecule has 0 fully saturated rings. The fourth-order valence-electron chi connectivity index (χ4n) is 2.42. The van der Waals surface area contributed by atoms with Crippen LogP contribution in [0.4, 0.5) is 0 Å². The molecule has 0 aliphatic carbocycles. The summed E-state index contributed by atoms with van der Waals surface area (Å²) < 4.78 is 3.66. The normalized spacial score (nSPS) is 12.9. The van der Waals surface area contributed by atoms with Crippen molar-refractivity contribution in [2.75, 3.05) is 6.54 Å². The van der Waals surface area contributed by atoms with E-state index < -0.39 is 0 Å². The molecule has 1 unspecified atom stereocenters. The Labute approximate surface area is 123 Å². The monoisotopic (exact) mass is 285 g/mol. The van der Waals surface area contributed by atoms with Gasteiger partial charge < -0.3 is 5.32 Å². The van der Waals surface area contributed by atoms with E-state index in [1.807, 2.05) is 34.8 Å². The molecule has 0 bridgehead atoms. The Morgan fingerprint density at radius 1 is 1.29 bits per heavy atom. The highest BCUT2D eigenvalue weighted by atomic mass is 15.3. The van der Waals surface area contributed by atoms with Gasteiger partial charge in [0, 0.05) is 37.5 Å². The minimum absolute atomic E-state index is 0.148. The number of fused-ring (bicyclic) bond motifs is 1. The van der Waals surface area contributed by atoms with Gasteiger partial charge in [-0.1, -0.05) is 6.92 Å². The molecule has 0 spiro atoms. The van der Waals surface area contributed by atoms with Crippen molar-refractivity contribution in [2.24, 2.45) is 7.05 Å². The summed E-state index contributed by atoms with van der Waals surface area (Å²) in [5, 5.41) is 12.1. The van der Waals surface area contributed by atoms with Crippen molar-refractivity contribution in [3.8, 4) is 0 Å². The van der Waals surface area contributed by atoms with Crippen LogP contribution in [0.3, 0.4) is 0 Å². The van der Waals surface area contributed by atoms with E-state index in [0.29, 0.717) is 0 Å². The lowest BCUT2D eigenvalue weighted by atomic mass is 10.1. The van der Waals surface area contributed by atoms with E-state index in [-0.39, 0.29) is 6.04 Å². The van der Waals surface area contributed by atoms with Crippen molar-refractivity contribution in [2.45, 2.75) is 25.8 Å². The first kappa shape index (κ1) is 13.7. The molecule has 7 nitrogen and oxygen atoms in total. The third-order valence-corrected chi connectivity index (χ3v) is 3.56. The first-order valence-corrected chi connectivity index (χ1v) is 7.13. The van der Waals surface area contributed by atoms with Gasteiger partial charge in [0.1, 0.15) is 12.2 Å². The molecular weight excluding hydrogens is 266 g/mol. The fourth-order valence-corrected chi connectivity index (χ4v) is 2.42.